The molecular weight excluding hydrogens is 404 g/mol. The Hall–Kier alpha value is -3.41. The van der Waals surface area contributed by atoms with Gasteiger partial charge in [-0.3, -0.25) is 4.79 Å². The second-order valence-electron chi connectivity index (χ2n) is 8.20. The highest BCUT2D eigenvalue weighted by molar-refractivity contribution is 6.07. The van der Waals surface area contributed by atoms with Crippen LogP contribution in [0.4, 0.5) is 0 Å². The smallest absolute Gasteiger partial charge is 0.339 e. The highest BCUT2D eigenvalue weighted by atomic mass is 16.5. The normalized spacial score (nSPS) is 15.4. The third kappa shape index (κ3) is 4.74. The van der Waals surface area contributed by atoms with E-state index in [0.717, 1.165) is 65.6 Å². The van der Waals surface area contributed by atoms with Crippen LogP contribution in [0.2, 0.25) is 0 Å². The molecule has 1 atom stereocenters. The van der Waals surface area contributed by atoms with Crippen LogP contribution in [0, 0.1) is 0 Å². The van der Waals surface area contributed by atoms with Gasteiger partial charge in [0, 0.05) is 11.4 Å². The summed E-state index contributed by atoms with van der Waals surface area (Å²) in [5.74, 6) is -0.0212. The number of nitrogens with one attached hydrogen (secondary N) is 1. The van der Waals surface area contributed by atoms with Crippen LogP contribution in [0.1, 0.15) is 66.9 Å². The summed E-state index contributed by atoms with van der Waals surface area (Å²) in [4.78, 5) is 30.3. The lowest BCUT2D eigenvalue weighted by Gasteiger charge is -2.22. The van der Waals surface area contributed by atoms with Crippen LogP contribution < -0.4 is 5.32 Å². The number of fused-ring (bicyclic) bond motifs is 2. The zero-order valence-corrected chi connectivity index (χ0v) is 18.5. The van der Waals surface area contributed by atoms with Gasteiger partial charge < -0.3 is 14.5 Å². The van der Waals surface area contributed by atoms with Crippen molar-refractivity contribution in [2.75, 3.05) is 6.61 Å². The Morgan fingerprint density at radius 2 is 2.06 bits per heavy atom. The summed E-state index contributed by atoms with van der Waals surface area (Å²) in [6.45, 7) is 3.71. The zero-order valence-electron chi connectivity index (χ0n) is 18.5. The van der Waals surface area contributed by atoms with E-state index in [0.29, 0.717) is 5.56 Å². The molecule has 1 amide bonds. The monoisotopic (exact) mass is 432 g/mol. The SMILES string of the molecule is CCCC(C)NC(=O)COC(=O)c1c2c(nc3ccccc13)C(=Cc1ccco1)CCC2. The Kier molecular flexibility index (Phi) is 6.69. The number of carbonyl (C=O) groups excluding carboxylic acids is 2. The first kappa shape index (κ1) is 21.8. The molecule has 0 saturated carbocycles. The first-order chi connectivity index (χ1) is 15.6. The maximum Gasteiger partial charge on any atom is 0.339 e. The minimum absolute atomic E-state index is 0.0509. The first-order valence-electron chi connectivity index (χ1n) is 11.2. The van der Waals surface area contributed by atoms with Gasteiger partial charge >= 0.3 is 5.97 Å². The first-order valence-corrected chi connectivity index (χ1v) is 11.2. The zero-order chi connectivity index (χ0) is 22.5. The Labute approximate surface area is 187 Å². The number of hydrogen-bond donors (Lipinski definition) is 1. The van der Waals surface area contributed by atoms with Crippen molar-refractivity contribution >= 4 is 34.4 Å². The number of carbonyl (C=O) groups is 2. The number of nitrogens with zero attached hydrogens (tertiary/aromatic N) is 1. The number of amides is 1. The molecule has 0 radical (unpaired) electrons. The molecule has 2 heterocycles. The Morgan fingerprint density at radius 1 is 1.22 bits per heavy atom. The predicted octanol–water partition coefficient (Wildman–Crippen LogP) is 5.17. The molecule has 1 aliphatic carbocycles. The van der Waals surface area contributed by atoms with Gasteiger partial charge in [-0.15, -0.1) is 0 Å². The van der Waals surface area contributed by atoms with Gasteiger partial charge in [-0.05, 0) is 68.0 Å². The number of aromatic nitrogens is 1. The van der Waals surface area contributed by atoms with Crippen molar-refractivity contribution in [1.29, 1.82) is 0 Å². The molecule has 0 fully saturated rings. The van der Waals surface area contributed by atoms with E-state index in [-0.39, 0.29) is 18.6 Å². The molecule has 0 saturated heterocycles. The van der Waals surface area contributed by atoms with E-state index in [9.17, 15) is 9.59 Å². The number of benzene rings is 1. The van der Waals surface area contributed by atoms with Crippen molar-refractivity contribution in [2.24, 2.45) is 0 Å². The van der Waals surface area contributed by atoms with E-state index in [1.165, 1.54) is 0 Å². The standard InChI is InChI=1S/C26H28N2O4/c1-3-8-17(2)27-23(29)16-32-26(30)24-20-11-4-5-13-22(20)28-25-18(9-6-12-21(24)25)15-19-10-7-14-31-19/h4-5,7,10-11,13-15,17H,3,6,8-9,12,16H2,1-2H3,(H,27,29). The fourth-order valence-corrected chi connectivity index (χ4v) is 4.28. The van der Waals surface area contributed by atoms with Crippen LogP contribution in [0.5, 0.6) is 0 Å². The number of pyridine rings is 1. The van der Waals surface area contributed by atoms with Crippen molar-refractivity contribution in [3.05, 3.63) is 65.2 Å². The van der Waals surface area contributed by atoms with E-state index in [1.54, 1.807) is 6.26 Å². The van der Waals surface area contributed by atoms with Crippen molar-refractivity contribution in [3.63, 3.8) is 0 Å². The molecule has 32 heavy (non-hydrogen) atoms. The van der Waals surface area contributed by atoms with Crippen molar-refractivity contribution in [3.8, 4) is 0 Å². The van der Waals surface area contributed by atoms with Gasteiger partial charge in [-0.1, -0.05) is 31.5 Å². The quantitative estimate of drug-likeness (QED) is 0.521. The van der Waals surface area contributed by atoms with Crippen LogP contribution in [-0.2, 0) is 16.0 Å². The summed E-state index contributed by atoms with van der Waals surface area (Å²) >= 11 is 0. The van der Waals surface area contributed by atoms with E-state index in [2.05, 4.69) is 12.2 Å². The molecule has 0 bridgehead atoms. The Morgan fingerprint density at radius 3 is 2.84 bits per heavy atom. The molecule has 166 valence electrons. The molecule has 1 aromatic carbocycles. The maximum atomic E-state index is 13.2. The summed E-state index contributed by atoms with van der Waals surface area (Å²) in [6, 6.07) is 11.4. The second kappa shape index (κ2) is 9.81. The van der Waals surface area contributed by atoms with Gasteiger partial charge in [0.05, 0.1) is 23.0 Å². The molecule has 1 aliphatic rings. The van der Waals surface area contributed by atoms with Gasteiger partial charge in [-0.25, -0.2) is 9.78 Å². The topological polar surface area (TPSA) is 81.4 Å². The molecular formula is C26H28N2O4. The van der Waals surface area contributed by atoms with Crippen LogP contribution in [0.25, 0.3) is 22.6 Å². The van der Waals surface area contributed by atoms with Crippen LogP contribution in [0.3, 0.4) is 0 Å². The van der Waals surface area contributed by atoms with Gasteiger partial charge in [0.2, 0.25) is 0 Å². The van der Waals surface area contributed by atoms with Gasteiger partial charge in [0.15, 0.2) is 6.61 Å². The molecule has 3 aromatic rings. The van der Waals surface area contributed by atoms with E-state index >= 15 is 0 Å². The second-order valence-corrected chi connectivity index (χ2v) is 8.20. The number of ether oxygens (including phenoxy) is 1. The number of esters is 1. The average Bonchev–Trinajstić information content (AvgIpc) is 3.29. The van der Waals surface area contributed by atoms with Crippen molar-refractivity contribution in [1.82, 2.24) is 10.3 Å². The number of allylic oxidation sites excluding steroid dienone is 1. The number of rotatable bonds is 7. The van der Waals surface area contributed by atoms with Gasteiger partial charge in [0.25, 0.3) is 5.91 Å². The summed E-state index contributed by atoms with van der Waals surface area (Å²) < 4.78 is 11.0. The van der Waals surface area contributed by atoms with Gasteiger partial charge in [-0.2, -0.15) is 0 Å². The number of furan rings is 1. The van der Waals surface area contributed by atoms with Crippen molar-refractivity contribution in [2.45, 2.75) is 52.0 Å². The molecule has 6 nitrogen and oxygen atoms in total. The third-order valence-corrected chi connectivity index (χ3v) is 5.70. The molecule has 1 N–H and O–H groups in total. The molecule has 0 spiro atoms. The minimum Gasteiger partial charge on any atom is -0.465 e. The van der Waals surface area contributed by atoms with Crippen molar-refractivity contribution < 1.29 is 18.7 Å². The van der Waals surface area contributed by atoms with Crippen LogP contribution in [0.15, 0.2) is 47.1 Å². The summed E-state index contributed by atoms with van der Waals surface area (Å²) in [5.41, 5.74) is 3.94. The van der Waals surface area contributed by atoms with Crippen LogP contribution >= 0.6 is 0 Å². The Balaban J connectivity index is 1.67. The van der Waals surface area contributed by atoms with Gasteiger partial charge in [0.1, 0.15) is 5.76 Å². The largest absolute Gasteiger partial charge is 0.465 e. The highest BCUT2D eigenvalue weighted by Crippen LogP contribution is 2.36. The van der Waals surface area contributed by atoms with E-state index < -0.39 is 5.97 Å². The van der Waals surface area contributed by atoms with E-state index in [4.69, 9.17) is 14.1 Å². The number of hydrogen-bond acceptors (Lipinski definition) is 5. The molecule has 1 unspecified atom stereocenters. The third-order valence-electron chi connectivity index (χ3n) is 5.70. The summed E-state index contributed by atoms with van der Waals surface area (Å²) in [6.07, 6.45) is 7.96. The summed E-state index contributed by atoms with van der Waals surface area (Å²) in [5, 5.41) is 3.62. The lowest BCUT2D eigenvalue weighted by Crippen LogP contribution is -2.35. The predicted molar refractivity (Wildman–Crippen MR) is 124 cm³/mol. The lowest BCUT2D eigenvalue weighted by molar-refractivity contribution is -0.124. The fourth-order valence-electron chi connectivity index (χ4n) is 4.28. The molecule has 6 heteroatoms. The average molecular weight is 433 g/mol. The number of para-hydroxylation sites is 1. The molecule has 0 aliphatic heterocycles. The minimum atomic E-state index is -0.489. The fraction of sp³-hybridized carbons (Fsp3) is 0.346. The molecule has 2 aromatic heterocycles. The molecule has 4 rings (SSSR count). The van der Waals surface area contributed by atoms with Crippen LogP contribution in [-0.4, -0.2) is 29.5 Å². The Bertz CT molecular complexity index is 1150. The lowest BCUT2D eigenvalue weighted by atomic mass is 9.86. The summed E-state index contributed by atoms with van der Waals surface area (Å²) in [7, 11) is 0. The van der Waals surface area contributed by atoms with E-state index in [1.807, 2.05) is 49.4 Å². The highest BCUT2D eigenvalue weighted by Gasteiger charge is 2.26. The maximum absolute atomic E-state index is 13.2.